The quantitative estimate of drug-likeness (QED) is 0.894. The number of nitrogens with two attached hydrogens (primary N) is 1. The van der Waals surface area contributed by atoms with Gasteiger partial charge in [-0.2, -0.15) is 4.98 Å². The van der Waals surface area contributed by atoms with Crippen molar-refractivity contribution in [1.29, 1.82) is 0 Å². The fourth-order valence-corrected chi connectivity index (χ4v) is 2.59. The molecule has 96 valence electrons. The highest BCUT2D eigenvalue weighted by Gasteiger charge is 2.28. The lowest BCUT2D eigenvalue weighted by Crippen LogP contribution is -2.24. The molecule has 0 aliphatic heterocycles. The minimum Gasteiger partial charge on any atom is -0.479 e. The molecule has 0 radical (unpaired) electrons. The van der Waals surface area contributed by atoms with Crippen LogP contribution in [0, 0.1) is 5.92 Å². The number of ether oxygens (including phenoxy) is 1. The van der Waals surface area contributed by atoms with Gasteiger partial charge in [-0.05, 0) is 25.7 Å². The Kier molecular flexibility index (Phi) is 2.57. The van der Waals surface area contributed by atoms with Crippen LogP contribution in [-0.4, -0.2) is 26.6 Å². The summed E-state index contributed by atoms with van der Waals surface area (Å²) in [6.45, 7) is 2.18. The summed E-state index contributed by atoms with van der Waals surface area (Å²) in [5.74, 6) is 1.64. The summed E-state index contributed by atoms with van der Waals surface area (Å²) in [5.41, 5.74) is 7.43. The predicted molar refractivity (Wildman–Crippen MR) is 68.3 cm³/mol. The van der Waals surface area contributed by atoms with Crippen LogP contribution in [-0.2, 0) is 0 Å². The topological polar surface area (TPSA) is 78.8 Å². The van der Waals surface area contributed by atoms with Gasteiger partial charge in [0.05, 0.1) is 7.11 Å². The summed E-state index contributed by atoms with van der Waals surface area (Å²) in [5, 5.41) is 0. The molecule has 18 heavy (non-hydrogen) atoms. The molecule has 6 nitrogen and oxygen atoms in total. The lowest BCUT2D eigenvalue weighted by molar-refractivity contribution is 0.227. The van der Waals surface area contributed by atoms with Crippen molar-refractivity contribution in [3.8, 4) is 5.88 Å². The average Bonchev–Trinajstić information content (AvgIpc) is 2.62. The van der Waals surface area contributed by atoms with Crippen LogP contribution in [0.2, 0.25) is 0 Å². The van der Waals surface area contributed by atoms with Crippen molar-refractivity contribution in [2.24, 2.45) is 5.92 Å². The fraction of sp³-hybridized carbons (Fsp3) is 0.583. The van der Waals surface area contributed by atoms with Crippen LogP contribution in [0.25, 0.3) is 11.2 Å². The van der Waals surface area contributed by atoms with E-state index in [1.165, 1.54) is 25.6 Å². The van der Waals surface area contributed by atoms with Gasteiger partial charge in [-0.25, -0.2) is 9.97 Å². The van der Waals surface area contributed by atoms with Gasteiger partial charge in [0.1, 0.15) is 6.33 Å². The molecule has 2 aromatic heterocycles. The zero-order valence-corrected chi connectivity index (χ0v) is 10.6. The van der Waals surface area contributed by atoms with E-state index < -0.39 is 0 Å². The average molecular weight is 247 g/mol. The van der Waals surface area contributed by atoms with E-state index in [4.69, 9.17) is 10.5 Å². The Labute approximate surface area is 105 Å². The van der Waals surface area contributed by atoms with Gasteiger partial charge in [0, 0.05) is 6.04 Å². The Hall–Kier alpha value is -1.85. The lowest BCUT2D eigenvalue weighted by Gasteiger charge is -2.32. The highest BCUT2D eigenvalue weighted by atomic mass is 16.5. The van der Waals surface area contributed by atoms with Crippen LogP contribution in [0.3, 0.4) is 0 Å². The summed E-state index contributed by atoms with van der Waals surface area (Å²) in [4.78, 5) is 12.7. The van der Waals surface area contributed by atoms with E-state index in [0.29, 0.717) is 29.3 Å². The minimum absolute atomic E-state index is 0.323. The summed E-state index contributed by atoms with van der Waals surface area (Å²) < 4.78 is 7.20. The number of nitrogens with zero attached hydrogens (tertiary/aromatic N) is 4. The molecule has 0 saturated heterocycles. The normalized spacial score (nSPS) is 17.7. The molecule has 1 fully saturated rings. The molecule has 1 unspecified atom stereocenters. The Morgan fingerprint density at radius 1 is 1.44 bits per heavy atom. The molecule has 1 aliphatic carbocycles. The van der Waals surface area contributed by atoms with Crippen LogP contribution in [0.4, 0.5) is 5.95 Å². The molecule has 2 heterocycles. The Balaban J connectivity index is 2.13. The van der Waals surface area contributed by atoms with Crippen LogP contribution in [0.1, 0.15) is 32.2 Å². The molecule has 2 N–H and O–H groups in total. The van der Waals surface area contributed by atoms with Gasteiger partial charge in [0.25, 0.3) is 0 Å². The second kappa shape index (κ2) is 4.12. The number of aromatic nitrogens is 4. The first kappa shape index (κ1) is 11.3. The van der Waals surface area contributed by atoms with E-state index in [-0.39, 0.29) is 0 Å². The third kappa shape index (κ3) is 1.52. The van der Waals surface area contributed by atoms with Crippen molar-refractivity contribution < 1.29 is 4.74 Å². The van der Waals surface area contributed by atoms with Crippen molar-refractivity contribution >= 4 is 17.1 Å². The Morgan fingerprint density at radius 2 is 2.22 bits per heavy atom. The van der Waals surface area contributed by atoms with Crippen molar-refractivity contribution in [1.82, 2.24) is 19.5 Å². The van der Waals surface area contributed by atoms with E-state index >= 15 is 0 Å². The predicted octanol–water partition coefficient (Wildman–Crippen LogP) is 1.78. The first-order chi connectivity index (χ1) is 8.72. The van der Waals surface area contributed by atoms with Gasteiger partial charge in [-0.1, -0.05) is 6.42 Å². The molecule has 0 spiro atoms. The summed E-state index contributed by atoms with van der Waals surface area (Å²) in [6, 6.07) is 0.323. The molecule has 3 rings (SSSR count). The maximum absolute atomic E-state index is 6.02. The number of rotatable bonds is 3. The first-order valence-corrected chi connectivity index (χ1v) is 6.24. The largest absolute Gasteiger partial charge is 0.479 e. The lowest BCUT2D eigenvalue weighted by atomic mass is 9.80. The van der Waals surface area contributed by atoms with E-state index in [2.05, 4.69) is 21.9 Å². The van der Waals surface area contributed by atoms with E-state index in [0.717, 1.165) is 5.65 Å². The van der Waals surface area contributed by atoms with Gasteiger partial charge in [-0.3, -0.25) is 4.57 Å². The molecule has 0 bridgehead atoms. The molecule has 0 aromatic carbocycles. The number of nitrogen functional groups attached to an aromatic ring is 1. The van der Waals surface area contributed by atoms with Gasteiger partial charge < -0.3 is 10.5 Å². The van der Waals surface area contributed by atoms with Gasteiger partial charge in [-0.15, -0.1) is 0 Å². The molecular weight excluding hydrogens is 230 g/mol. The zero-order valence-electron chi connectivity index (χ0n) is 10.6. The van der Waals surface area contributed by atoms with E-state index in [1.807, 2.05) is 4.57 Å². The first-order valence-electron chi connectivity index (χ1n) is 6.24. The number of anilines is 1. The summed E-state index contributed by atoms with van der Waals surface area (Å²) >= 11 is 0. The molecular formula is C12H17N5O. The molecule has 1 atom stereocenters. The number of hydrogen-bond donors (Lipinski definition) is 1. The van der Waals surface area contributed by atoms with Crippen molar-refractivity contribution in [2.45, 2.75) is 32.2 Å². The van der Waals surface area contributed by atoms with Crippen LogP contribution < -0.4 is 10.5 Å². The standard InChI is InChI=1S/C12H17N5O/c1-7(8-4-3-5-8)17-10-9(16-12(17)13)11(18-2)15-6-14-10/h6-8H,3-5H2,1-2H3,(H2,13,16). The molecule has 6 heteroatoms. The van der Waals surface area contributed by atoms with Crippen molar-refractivity contribution in [3.05, 3.63) is 6.33 Å². The molecule has 0 amide bonds. The number of fused-ring (bicyclic) bond motifs is 1. The third-order valence-electron chi connectivity index (χ3n) is 3.90. The molecule has 1 aliphatic rings. The SMILES string of the molecule is COc1ncnc2c1nc(N)n2C(C)C1CCC1. The van der Waals surface area contributed by atoms with Crippen molar-refractivity contribution in [2.75, 3.05) is 12.8 Å². The number of imidazole rings is 1. The smallest absolute Gasteiger partial charge is 0.245 e. The fourth-order valence-electron chi connectivity index (χ4n) is 2.59. The second-order valence-electron chi connectivity index (χ2n) is 4.83. The van der Waals surface area contributed by atoms with Crippen LogP contribution in [0.5, 0.6) is 5.88 Å². The summed E-state index contributed by atoms with van der Waals surface area (Å²) in [6.07, 6.45) is 5.30. The van der Waals surface area contributed by atoms with E-state index in [9.17, 15) is 0 Å². The highest BCUT2D eigenvalue weighted by molar-refractivity contribution is 5.79. The van der Waals surface area contributed by atoms with E-state index in [1.54, 1.807) is 7.11 Å². The van der Waals surface area contributed by atoms with Gasteiger partial charge >= 0.3 is 0 Å². The van der Waals surface area contributed by atoms with Gasteiger partial charge in [0.15, 0.2) is 11.2 Å². The van der Waals surface area contributed by atoms with Crippen LogP contribution >= 0.6 is 0 Å². The molecule has 2 aromatic rings. The number of methoxy groups -OCH3 is 1. The maximum Gasteiger partial charge on any atom is 0.245 e. The second-order valence-corrected chi connectivity index (χ2v) is 4.83. The monoisotopic (exact) mass is 247 g/mol. The number of hydrogen-bond acceptors (Lipinski definition) is 5. The Bertz CT molecular complexity index is 575. The van der Waals surface area contributed by atoms with Gasteiger partial charge in [0.2, 0.25) is 11.8 Å². The highest BCUT2D eigenvalue weighted by Crippen LogP contribution is 2.38. The Morgan fingerprint density at radius 3 is 2.83 bits per heavy atom. The minimum atomic E-state index is 0.323. The maximum atomic E-state index is 6.02. The summed E-state index contributed by atoms with van der Waals surface area (Å²) in [7, 11) is 1.58. The third-order valence-corrected chi connectivity index (χ3v) is 3.90. The molecule has 1 saturated carbocycles. The van der Waals surface area contributed by atoms with Crippen LogP contribution in [0.15, 0.2) is 6.33 Å². The van der Waals surface area contributed by atoms with Crippen molar-refractivity contribution in [3.63, 3.8) is 0 Å². The zero-order chi connectivity index (χ0) is 12.7.